The number of ether oxygens (including phenoxy) is 2. The van der Waals surface area contributed by atoms with E-state index < -0.39 is 0 Å². The fourth-order valence-corrected chi connectivity index (χ4v) is 3.39. The Balaban J connectivity index is 1.63. The van der Waals surface area contributed by atoms with Crippen molar-refractivity contribution >= 4 is 0 Å². The predicted molar refractivity (Wildman–Crippen MR) is 83.5 cm³/mol. The zero-order valence-electron chi connectivity index (χ0n) is 12.9. The van der Waals surface area contributed by atoms with E-state index in [9.17, 15) is 0 Å². The van der Waals surface area contributed by atoms with E-state index >= 15 is 0 Å². The first-order valence-corrected chi connectivity index (χ1v) is 8.02. The molecule has 0 saturated carbocycles. The molecule has 2 aliphatic heterocycles. The Kier molecular flexibility index (Phi) is 5.12. The predicted octanol–water partition coefficient (Wildman–Crippen LogP) is 2.03. The number of hydrogen-bond acceptors (Lipinski definition) is 4. The number of nitrogens with zero attached hydrogens (tertiary/aromatic N) is 1. The highest BCUT2D eigenvalue weighted by Crippen LogP contribution is 2.24. The van der Waals surface area contributed by atoms with Crippen LogP contribution >= 0.6 is 0 Å². The summed E-state index contributed by atoms with van der Waals surface area (Å²) in [6.45, 7) is 6.87. The first-order chi connectivity index (χ1) is 10.3. The molecule has 1 aromatic carbocycles. The van der Waals surface area contributed by atoms with Crippen molar-refractivity contribution in [3.63, 3.8) is 0 Å². The van der Waals surface area contributed by atoms with Gasteiger partial charge < -0.3 is 14.8 Å². The Morgan fingerprint density at radius 1 is 1.43 bits per heavy atom. The molecular formula is C17H26N2O2. The molecule has 1 fully saturated rings. The van der Waals surface area contributed by atoms with Gasteiger partial charge in [0.25, 0.3) is 0 Å². The van der Waals surface area contributed by atoms with Gasteiger partial charge in [-0.15, -0.1) is 0 Å². The zero-order chi connectivity index (χ0) is 14.5. The Bertz CT molecular complexity index is 462. The summed E-state index contributed by atoms with van der Waals surface area (Å²) >= 11 is 0. The van der Waals surface area contributed by atoms with Crippen LogP contribution in [0.1, 0.15) is 24.0 Å². The molecule has 4 heteroatoms. The van der Waals surface area contributed by atoms with E-state index in [2.05, 4.69) is 28.4 Å². The highest BCUT2D eigenvalue weighted by Gasteiger charge is 2.20. The van der Waals surface area contributed by atoms with E-state index in [1.165, 1.54) is 30.5 Å². The maximum Gasteiger partial charge on any atom is 0.123 e. The SMILES string of the molecule is COCC1CCCN(Cc2ccc3c(c2)CNCCO3)C1. The molecule has 0 spiro atoms. The molecule has 1 atom stereocenters. The fourth-order valence-electron chi connectivity index (χ4n) is 3.39. The second-order valence-corrected chi connectivity index (χ2v) is 6.17. The minimum atomic E-state index is 0.689. The minimum absolute atomic E-state index is 0.689. The molecule has 1 saturated heterocycles. The van der Waals surface area contributed by atoms with Crippen LogP contribution in [0, 0.1) is 5.92 Å². The summed E-state index contributed by atoms with van der Waals surface area (Å²) in [7, 11) is 1.80. The third-order valence-corrected chi connectivity index (χ3v) is 4.39. The van der Waals surface area contributed by atoms with Gasteiger partial charge in [-0.2, -0.15) is 0 Å². The summed E-state index contributed by atoms with van der Waals surface area (Å²) in [4.78, 5) is 2.56. The Morgan fingerprint density at radius 2 is 2.38 bits per heavy atom. The maximum atomic E-state index is 5.75. The van der Waals surface area contributed by atoms with Crippen LogP contribution in [0.2, 0.25) is 0 Å². The van der Waals surface area contributed by atoms with Gasteiger partial charge in [-0.1, -0.05) is 6.07 Å². The number of piperidine rings is 1. The zero-order valence-corrected chi connectivity index (χ0v) is 12.9. The lowest BCUT2D eigenvalue weighted by Crippen LogP contribution is -2.36. The summed E-state index contributed by atoms with van der Waals surface area (Å²) in [6, 6.07) is 6.64. The number of fused-ring (bicyclic) bond motifs is 1. The van der Waals surface area contributed by atoms with Crippen molar-refractivity contribution in [1.29, 1.82) is 0 Å². The van der Waals surface area contributed by atoms with E-state index in [-0.39, 0.29) is 0 Å². The average molecular weight is 290 g/mol. The first-order valence-electron chi connectivity index (χ1n) is 8.02. The van der Waals surface area contributed by atoms with Crippen molar-refractivity contribution in [3.05, 3.63) is 29.3 Å². The molecule has 0 radical (unpaired) electrons. The van der Waals surface area contributed by atoms with Crippen LogP contribution in [-0.4, -0.2) is 44.9 Å². The molecule has 0 amide bonds. The van der Waals surface area contributed by atoms with Crippen LogP contribution in [0.4, 0.5) is 0 Å². The second kappa shape index (κ2) is 7.25. The molecule has 3 rings (SSSR count). The molecule has 1 aromatic rings. The highest BCUT2D eigenvalue weighted by atomic mass is 16.5. The molecule has 2 heterocycles. The number of benzene rings is 1. The number of likely N-dealkylation sites (tertiary alicyclic amines) is 1. The van der Waals surface area contributed by atoms with Crippen LogP contribution < -0.4 is 10.1 Å². The Hall–Kier alpha value is -1.10. The number of rotatable bonds is 4. The molecule has 2 aliphatic rings. The normalized spacial score (nSPS) is 23.2. The van der Waals surface area contributed by atoms with Crippen LogP contribution in [-0.2, 0) is 17.8 Å². The summed E-state index contributed by atoms with van der Waals surface area (Å²) in [5.74, 6) is 1.73. The second-order valence-electron chi connectivity index (χ2n) is 6.17. The molecule has 21 heavy (non-hydrogen) atoms. The molecule has 0 bridgehead atoms. The quantitative estimate of drug-likeness (QED) is 0.920. The van der Waals surface area contributed by atoms with E-state index in [4.69, 9.17) is 9.47 Å². The number of hydrogen-bond donors (Lipinski definition) is 1. The van der Waals surface area contributed by atoms with Gasteiger partial charge in [0.05, 0.1) is 6.61 Å². The van der Waals surface area contributed by atoms with E-state index in [0.717, 1.165) is 45.1 Å². The van der Waals surface area contributed by atoms with Gasteiger partial charge in [0.1, 0.15) is 12.4 Å². The topological polar surface area (TPSA) is 33.7 Å². The molecule has 4 nitrogen and oxygen atoms in total. The number of nitrogens with one attached hydrogen (secondary N) is 1. The van der Waals surface area contributed by atoms with Crippen molar-refractivity contribution in [1.82, 2.24) is 10.2 Å². The van der Waals surface area contributed by atoms with Crippen molar-refractivity contribution in [3.8, 4) is 5.75 Å². The lowest BCUT2D eigenvalue weighted by atomic mass is 9.98. The van der Waals surface area contributed by atoms with Crippen LogP contribution in [0.3, 0.4) is 0 Å². The van der Waals surface area contributed by atoms with Crippen LogP contribution in [0.25, 0.3) is 0 Å². The summed E-state index contributed by atoms with van der Waals surface area (Å²) in [5, 5.41) is 3.40. The first kappa shape index (κ1) is 14.8. The van der Waals surface area contributed by atoms with Crippen molar-refractivity contribution in [2.24, 2.45) is 5.92 Å². The minimum Gasteiger partial charge on any atom is -0.492 e. The lowest BCUT2D eigenvalue weighted by Gasteiger charge is -2.32. The van der Waals surface area contributed by atoms with Crippen molar-refractivity contribution in [2.45, 2.75) is 25.9 Å². The summed E-state index contributed by atoms with van der Waals surface area (Å²) in [5.41, 5.74) is 2.68. The smallest absolute Gasteiger partial charge is 0.123 e. The molecule has 0 aromatic heterocycles. The van der Waals surface area contributed by atoms with Crippen molar-refractivity contribution in [2.75, 3.05) is 40.0 Å². The van der Waals surface area contributed by atoms with Crippen LogP contribution in [0.5, 0.6) is 5.75 Å². The van der Waals surface area contributed by atoms with Gasteiger partial charge in [-0.05, 0) is 43.0 Å². The fraction of sp³-hybridized carbons (Fsp3) is 0.647. The van der Waals surface area contributed by atoms with Crippen molar-refractivity contribution < 1.29 is 9.47 Å². The van der Waals surface area contributed by atoms with Gasteiger partial charge in [-0.3, -0.25) is 4.90 Å². The lowest BCUT2D eigenvalue weighted by molar-refractivity contribution is 0.0873. The third kappa shape index (κ3) is 3.96. The maximum absolute atomic E-state index is 5.75. The molecule has 0 aliphatic carbocycles. The molecular weight excluding hydrogens is 264 g/mol. The van der Waals surface area contributed by atoms with Gasteiger partial charge in [0.15, 0.2) is 0 Å². The van der Waals surface area contributed by atoms with Crippen LogP contribution in [0.15, 0.2) is 18.2 Å². The molecule has 1 unspecified atom stereocenters. The summed E-state index contributed by atoms with van der Waals surface area (Å²) in [6.07, 6.45) is 2.58. The van der Waals surface area contributed by atoms with E-state index in [1.807, 2.05) is 0 Å². The van der Waals surface area contributed by atoms with Gasteiger partial charge in [-0.25, -0.2) is 0 Å². The van der Waals surface area contributed by atoms with Gasteiger partial charge in [0.2, 0.25) is 0 Å². The Morgan fingerprint density at radius 3 is 3.29 bits per heavy atom. The van der Waals surface area contributed by atoms with E-state index in [0.29, 0.717) is 5.92 Å². The Labute approximate surface area is 127 Å². The standard InChI is InChI=1S/C17H26N2O2/c1-20-13-15-3-2-7-19(12-15)11-14-4-5-17-16(9-14)10-18-6-8-21-17/h4-5,9,15,18H,2-3,6-8,10-13H2,1H3. The van der Waals surface area contributed by atoms with E-state index in [1.54, 1.807) is 7.11 Å². The largest absolute Gasteiger partial charge is 0.492 e. The monoisotopic (exact) mass is 290 g/mol. The summed E-state index contributed by atoms with van der Waals surface area (Å²) < 4.78 is 11.1. The van der Waals surface area contributed by atoms with Gasteiger partial charge in [0, 0.05) is 38.9 Å². The average Bonchev–Trinajstić information content (AvgIpc) is 2.73. The highest BCUT2D eigenvalue weighted by molar-refractivity contribution is 5.37. The molecule has 116 valence electrons. The number of methoxy groups -OCH3 is 1. The molecule has 1 N–H and O–H groups in total. The third-order valence-electron chi connectivity index (χ3n) is 4.39. The van der Waals surface area contributed by atoms with Gasteiger partial charge >= 0.3 is 0 Å².